The molecule has 1 aromatic heterocycles. The molecule has 2 heterocycles. The van der Waals surface area contributed by atoms with Crippen molar-refractivity contribution in [3.63, 3.8) is 0 Å². The standard InChI is InChI=1S/C21H28FN5O2/c1-4-5-8-23-21(28)27-10-9-26(13-16(27)3)19-12-20(25-14-24-19)29-18-7-6-17(22)11-15(18)2/h6-7,11-12,14,16H,4-5,8-10,13H2,1-3H3,(H,23,28)/t16-/m1/s1. The maximum Gasteiger partial charge on any atom is 0.317 e. The molecule has 7 nitrogen and oxygen atoms in total. The van der Waals surface area contributed by atoms with Crippen LogP contribution in [-0.4, -0.2) is 53.1 Å². The Hall–Kier alpha value is -2.90. The van der Waals surface area contributed by atoms with E-state index in [0.29, 0.717) is 43.4 Å². The second-order valence-corrected chi connectivity index (χ2v) is 7.30. The number of piperazine rings is 1. The van der Waals surface area contributed by atoms with E-state index >= 15 is 0 Å². The lowest BCUT2D eigenvalue weighted by Gasteiger charge is -2.40. The number of hydrogen-bond acceptors (Lipinski definition) is 5. The fourth-order valence-corrected chi connectivity index (χ4v) is 3.34. The van der Waals surface area contributed by atoms with Crippen LogP contribution in [0, 0.1) is 12.7 Å². The molecule has 0 bridgehead atoms. The predicted molar refractivity (Wildman–Crippen MR) is 110 cm³/mol. The number of carbonyl (C=O) groups is 1. The van der Waals surface area contributed by atoms with E-state index in [0.717, 1.165) is 18.7 Å². The lowest BCUT2D eigenvalue weighted by atomic mass is 10.2. The average Bonchev–Trinajstić information content (AvgIpc) is 2.70. The van der Waals surface area contributed by atoms with Crippen molar-refractivity contribution in [3.05, 3.63) is 42.0 Å². The van der Waals surface area contributed by atoms with E-state index in [-0.39, 0.29) is 17.9 Å². The van der Waals surface area contributed by atoms with Crippen molar-refractivity contribution in [1.29, 1.82) is 0 Å². The number of anilines is 1. The number of aryl methyl sites for hydroxylation is 1. The van der Waals surface area contributed by atoms with Gasteiger partial charge in [-0.05, 0) is 44.0 Å². The number of nitrogens with one attached hydrogen (secondary N) is 1. The summed E-state index contributed by atoms with van der Waals surface area (Å²) in [5, 5.41) is 2.98. The first-order valence-electron chi connectivity index (χ1n) is 10.0. The molecule has 3 rings (SSSR count). The molecular formula is C21H28FN5O2. The summed E-state index contributed by atoms with van der Waals surface area (Å²) >= 11 is 0. The average molecular weight is 401 g/mol. The summed E-state index contributed by atoms with van der Waals surface area (Å²) in [6.07, 6.45) is 3.49. The Bertz CT molecular complexity index is 848. The van der Waals surface area contributed by atoms with Crippen molar-refractivity contribution in [1.82, 2.24) is 20.2 Å². The van der Waals surface area contributed by atoms with Gasteiger partial charge in [0.25, 0.3) is 0 Å². The minimum Gasteiger partial charge on any atom is -0.439 e. The molecule has 1 fully saturated rings. The lowest BCUT2D eigenvalue weighted by Crippen LogP contribution is -2.56. The number of aromatic nitrogens is 2. The van der Waals surface area contributed by atoms with Gasteiger partial charge in [-0.3, -0.25) is 0 Å². The number of nitrogens with zero attached hydrogens (tertiary/aromatic N) is 4. The van der Waals surface area contributed by atoms with Crippen LogP contribution in [0.5, 0.6) is 11.6 Å². The zero-order valence-corrected chi connectivity index (χ0v) is 17.2. The molecule has 0 unspecified atom stereocenters. The zero-order chi connectivity index (χ0) is 20.8. The number of ether oxygens (including phenoxy) is 1. The van der Waals surface area contributed by atoms with Gasteiger partial charge in [0.1, 0.15) is 23.7 Å². The normalized spacial score (nSPS) is 16.6. The monoisotopic (exact) mass is 401 g/mol. The number of amides is 2. The molecule has 2 amide bonds. The van der Waals surface area contributed by atoms with E-state index in [1.165, 1.54) is 18.5 Å². The van der Waals surface area contributed by atoms with Crippen LogP contribution in [-0.2, 0) is 0 Å². The smallest absolute Gasteiger partial charge is 0.317 e. The van der Waals surface area contributed by atoms with Crippen LogP contribution in [0.1, 0.15) is 32.3 Å². The number of benzene rings is 1. The fourth-order valence-electron chi connectivity index (χ4n) is 3.34. The topological polar surface area (TPSA) is 70.6 Å². The summed E-state index contributed by atoms with van der Waals surface area (Å²) in [5.74, 6) is 1.39. The maximum absolute atomic E-state index is 13.3. The third-order valence-electron chi connectivity index (χ3n) is 5.00. The van der Waals surface area contributed by atoms with E-state index in [2.05, 4.69) is 27.1 Å². The van der Waals surface area contributed by atoms with E-state index in [4.69, 9.17) is 4.74 Å². The first-order chi connectivity index (χ1) is 14.0. The Labute approximate surface area is 170 Å². The van der Waals surface area contributed by atoms with Crippen molar-refractivity contribution >= 4 is 11.8 Å². The Balaban J connectivity index is 1.63. The first-order valence-corrected chi connectivity index (χ1v) is 10.0. The van der Waals surface area contributed by atoms with Crippen molar-refractivity contribution in [3.8, 4) is 11.6 Å². The summed E-state index contributed by atoms with van der Waals surface area (Å²) in [4.78, 5) is 24.9. The van der Waals surface area contributed by atoms with Gasteiger partial charge in [0.15, 0.2) is 0 Å². The molecule has 0 spiro atoms. The zero-order valence-electron chi connectivity index (χ0n) is 17.2. The molecule has 0 radical (unpaired) electrons. The number of unbranched alkanes of at least 4 members (excludes halogenated alkanes) is 1. The maximum atomic E-state index is 13.3. The van der Waals surface area contributed by atoms with Gasteiger partial charge < -0.3 is 19.9 Å². The molecule has 1 aliphatic rings. The highest BCUT2D eigenvalue weighted by Gasteiger charge is 2.28. The predicted octanol–water partition coefficient (Wildman–Crippen LogP) is 3.74. The molecule has 1 aliphatic heterocycles. The Morgan fingerprint density at radius 1 is 1.31 bits per heavy atom. The summed E-state index contributed by atoms with van der Waals surface area (Å²) in [6.45, 7) is 8.60. The van der Waals surface area contributed by atoms with Crippen LogP contribution in [0.15, 0.2) is 30.6 Å². The molecular weight excluding hydrogens is 373 g/mol. The van der Waals surface area contributed by atoms with Crippen LogP contribution in [0.4, 0.5) is 15.0 Å². The van der Waals surface area contributed by atoms with Gasteiger partial charge in [-0.25, -0.2) is 19.2 Å². The summed E-state index contributed by atoms with van der Waals surface area (Å²) in [7, 11) is 0. The fraction of sp³-hybridized carbons (Fsp3) is 0.476. The second-order valence-electron chi connectivity index (χ2n) is 7.30. The molecule has 0 saturated carbocycles. The molecule has 0 aliphatic carbocycles. The van der Waals surface area contributed by atoms with Crippen molar-refractivity contribution in [2.75, 3.05) is 31.1 Å². The molecule has 1 N–H and O–H groups in total. The van der Waals surface area contributed by atoms with Gasteiger partial charge in [-0.1, -0.05) is 13.3 Å². The molecule has 2 aromatic rings. The van der Waals surface area contributed by atoms with Crippen LogP contribution < -0.4 is 15.0 Å². The van der Waals surface area contributed by atoms with Gasteiger partial charge >= 0.3 is 6.03 Å². The molecule has 8 heteroatoms. The van der Waals surface area contributed by atoms with E-state index in [1.54, 1.807) is 19.1 Å². The Kier molecular flexibility index (Phi) is 6.85. The van der Waals surface area contributed by atoms with Crippen molar-refractivity contribution in [2.24, 2.45) is 0 Å². The van der Waals surface area contributed by atoms with Gasteiger partial charge in [-0.2, -0.15) is 0 Å². The SMILES string of the molecule is CCCCNC(=O)N1CCN(c2cc(Oc3ccc(F)cc3C)ncn2)C[C@H]1C. The number of hydrogen-bond donors (Lipinski definition) is 1. The number of carbonyl (C=O) groups excluding carboxylic acids is 1. The number of rotatable bonds is 6. The third-order valence-corrected chi connectivity index (χ3v) is 5.00. The quantitative estimate of drug-likeness (QED) is 0.747. The molecule has 1 saturated heterocycles. The second kappa shape index (κ2) is 9.54. The van der Waals surface area contributed by atoms with Crippen LogP contribution in [0.25, 0.3) is 0 Å². The van der Waals surface area contributed by atoms with Crippen LogP contribution in [0.3, 0.4) is 0 Å². The van der Waals surface area contributed by atoms with Gasteiger partial charge in [0.2, 0.25) is 5.88 Å². The minimum absolute atomic E-state index is 0.0101. The summed E-state index contributed by atoms with van der Waals surface area (Å²) in [6, 6.07) is 6.19. The largest absolute Gasteiger partial charge is 0.439 e. The van der Waals surface area contributed by atoms with Gasteiger partial charge in [-0.15, -0.1) is 0 Å². The van der Waals surface area contributed by atoms with Crippen LogP contribution >= 0.6 is 0 Å². The number of halogens is 1. The molecule has 29 heavy (non-hydrogen) atoms. The lowest BCUT2D eigenvalue weighted by molar-refractivity contribution is 0.171. The highest BCUT2D eigenvalue weighted by Crippen LogP contribution is 2.26. The van der Waals surface area contributed by atoms with Gasteiger partial charge in [0.05, 0.1) is 0 Å². The van der Waals surface area contributed by atoms with Crippen molar-refractivity contribution < 1.29 is 13.9 Å². The van der Waals surface area contributed by atoms with Gasteiger partial charge in [0, 0.05) is 38.3 Å². The molecule has 1 aromatic carbocycles. The highest BCUT2D eigenvalue weighted by molar-refractivity contribution is 5.75. The molecule has 1 atom stereocenters. The highest BCUT2D eigenvalue weighted by atomic mass is 19.1. The van der Waals surface area contributed by atoms with Crippen LogP contribution in [0.2, 0.25) is 0 Å². The third kappa shape index (κ3) is 5.34. The molecule has 156 valence electrons. The Morgan fingerprint density at radius 2 is 2.14 bits per heavy atom. The van der Waals surface area contributed by atoms with E-state index in [1.807, 2.05) is 11.8 Å². The van der Waals surface area contributed by atoms with E-state index in [9.17, 15) is 9.18 Å². The number of urea groups is 1. The van der Waals surface area contributed by atoms with E-state index < -0.39 is 0 Å². The summed E-state index contributed by atoms with van der Waals surface area (Å²) < 4.78 is 19.1. The minimum atomic E-state index is -0.302. The first kappa shape index (κ1) is 20.8. The Morgan fingerprint density at radius 3 is 2.86 bits per heavy atom. The summed E-state index contributed by atoms with van der Waals surface area (Å²) in [5.41, 5.74) is 0.696. The van der Waals surface area contributed by atoms with Crippen molar-refractivity contribution in [2.45, 2.75) is 39.7 Å².